The molecule has 0 saturated carbocycles. The molecule has 0 aliphatic heterocycles. The summed E-state index contributed by atoms with van der Waals surface area (Å²) in [6.45, 7) is 0. The Balaban J connectivity index is 2.43. The average molecular weight is 253 g/mol. The fourth-order valence-electron chi connectivity index (χ4n) is 1.19. The second-order valence-electron chi connectivity index (χ2n) is 2.77. The number of rotatable bonds is 2. The second kappa shape index (κ2) is 3.84. The molecule has 0 spiro atoms. The number of hydrogen-bond acceptors (Lipinski definition) is 2. The molecule has 0 amide bonds. The first-order valence-electron chi connectivity index (χ1n) is 4.16. The minimum Gasteiger partial charge on any atom is -0.479 e. The summed E-state index contributed by atoms with van der Waals surface area (Å²) in [6.07, 6.45) is 1.87. The molecule has 0 radical (unpaired) electrons. The molecule has 0 atom stereocenters. The fourth-order valence-corrected chi connectivity index (χ4v) is 1.62. The quantitative estimate of drug-likeness (QED) is 0.822. The highest BCUT2D eigenvalue weighted by atomic mass is 79.9. The lowest BCUT2D eigenvalue weighted by Crippen LogP contribution is -1.94. The van der Waals surface area contributed by atoms with Crippen LogP contribution in [0.15, 0.2) is 41.0 Å². The number of benzene rings is 1. The van der Waals surface area contributed by atoms with Crippen molar-refractivity contribution in [2.75, 3.05) is 7.11 Å². The van der Waals surface area contributed by atoms with Crippen molar-refractivity contribution in [3.05, 3.63) is 41.0 Å². The predicted octanol–water partition coefficient (Wildman–Crippen LogP) is 2.64. The Morgan fingerprint density at radius 1 is 1.29 bits per heavy atom. The van der Waals surface area contributed by atoms with Crippen LogP contribution in [0.25, 0.3) is 5.69 Å². The molecule has 72 valence electrons. The molecule has 0 saturated heterocycles. The van der Waals surface area contributed by atoms with Gasteiger partial charge in [0.2, 0.25) is 5.88 Å². The third-order valence-corrected chi connectivity index (χ3v) is 2.40. The molecule has 0 fully saturated rings. The highest BCUT2D eigenvalue weighted by Crippen LogP contribution is 2.23. The van der Waals surface area contributed by atoms with Crippen molar-refractivity contribution in [2.45, 2.75) is 0 Å². The fraction of sp³-hybridized carbons (Fsp3) is 0.100. The lowest BCUT2D eigenvalue weighted by Gasteiger charge is -1.98. The SMILES string of the molecule is COc1nn(-c2ccccc2)cc1Br. The minimum absolute atomic E-state index is 0.592. The van der Waals surface area contributed by atoms with Gasteiger partial charge in [-0.3, -0.25) is 0 Å². The van der Waals surface area contributed by atoms with E-state index in [2.05, 4.69) is 21.0 Å². The van der Waals surface area contributed by atoms with E-state index in [-0.39, 0.29) is 0 Å². The van der Waals surface area contributed by atoms with E-state index < -0.39 is 0 Å². The first-order chi connectivity index (χ1) is 6.81. The third-order valence-electron chi connectivity index (χ3n) is 1.85. The molecule has 1 aromatic heterocycles. The Labute approximate surface area is 90.4 Å². The highest BCUT2D eigenvalue weighted by molar-refractivity contribution is 9.10. The van der Waals surface area contributed by atoms with E-state index in [9.17, 15) is 0 Å². The van der Waals surface area contributed by atoms with Crippen LogP contribution < -0.4 is 4.74 Å². The van der Waals surface area contributed by atoms with E-state index >= 15 is 0 Å². The molecule has 4 heteroatoms. The molecule has 2 aromatic rings. The lowest BCUT2D eigenvalue weighted by molar-refractivity contribution is 0.392. The van der Waals surface area contributed by atoms with Gasteiger partial charge in [-0.1, -0.05) is 18.2 Å². The van der Waals surface area contributed by atoms with Crippen LogP contribution in [-0.2, 0) is 0 Å². The van der Waals surface area contributed by atoms with Gasteiger partial charge in [0.15, 0.2) is 0 Å². The van der Waals surface area contributed by atoms with Crippen LogP contribution in [-0.4, -0.2) is 16.9 Å². The number of aromatic nitrogens is 2. The second-order valence-corrected chi connectivity index (χ2v) is 3.62. The number of methoxy groups -OCH3 is 1. The van der Waals surface area contributed by atoms with Gasteiger partial charge in [0.05, 0.1) is 17.3 Å². The largest absolute Gasteiger partial charge is 0.479 e. The van der Waals surface area contributed by atoms with E-state index in [0.717, 1.165) is 10.2 Å². The first kappa shape index (κ1) is 9.27. The van der Waals surface area contributed by atoms with Crippen molar-refractivity contribution in [1.82, 2.24) is 9.78 Å². The van der Waals surface area contributed by atoms with E-state index in [4.69, 9.17) is 4.74 Å². The summed E-state index contributed by atoms with van der Waals surface area (Å²) in [5.74, 6) is 0.592. The Hall–Kier alpha value is -1.29. The minimum atomic E-state index is 0.592. The van der Waals surface area contributed by atoms with Crippen LogP contribution >= 0.6 is 15.9 Å². The predicted molar refractivity (Wildman–Crippen MR) is 57.8 cm³/mol. The van der Waals surface area contributed by atoms with Crippen LogP contribution in [0.3, 0.4) is 0 Å². The molecular formula is C10H9BrN2O. The summed E-state index contributed by atoms with van der Waals surface area (Å²) in [5, 5.41) is 4.25. The number of halogens is 1. The van der Waals surface area contributed by atoms with E-state index in [0.29, 0.717) is 5.88 Å². The lowest BCUT2D eigenvalue weighted by atomic mass is 10.3. The number of ether oxygens (including phenoxy) is 1. The maximum Gasteiger partial charge on any atom is 0.247 e. The summed E-state index contributed by atoms with van der Waals surface area (Å²) >= 11 is 3.37. The summed E-state index contributed by atoms with van der Waals surface area (Å²) in [6, 6.07) is 9.88. The molecule has 2 rings (SSSR count). The summed E-state index contributed by atoms with van der Waals surface area (Å²) in [7, 11) is 1.60. The normalized spacial score (nSPS) is 10.1. The maximum atomic E-state index is 5.07. The average Bonchev–Trinajstić information content (AvgIpc) is 2.61. The van der Waals surface area contributed by atoms with Crippen LogP contribution in [0, 0.1) is 0 Å². The van der Waals surface area contributed by atoms with Crippen molar-refractivity contribution in [3.63, 3.8) is 0 Å². The van der Waals surface area contributed by atoms with Crippen molar-refractivity contribution in [2.24, 2.45) is 0 Å². The highest BCUT2D eigenvalue weighted by Gasteiger charge is 2.06. The van der Waals surface area contributed by atoms with Gasteiger partial charge in [-0.25, -0.2) is 4.68 Å². The smallest absolute Gasteiger partial charge is 0.247 e. The zero-order valence-corrected chi connectivity index (χ0v) is 9.23. The van der Waals surface area contributed by atoms with Crippen LogP contribution in [0.1, 0.15) is 0 Å². The van der Waals surface area contributed by atoms with Crippen LogP contribution in [0.5, 0.6) is 5.88 Å². The van der Waals surface area contributed by atoms with E-state index in [1.54, 1.807) is 11.8 Å². The molecule has 0 aliphatic rings. The molecule has 0 aliphatic carbocycles. The summed E-state index contributed by atoms with van der Waals surface area (Å²) < 4.78 is 7.69. The third kappa shape index (κ3) is 1.65. The van der Waals surface area contributed by atoms with Gasteiger partial charge in [-0.2, -0.15) is 0 Å². The molecule has 0 unspecified atom stereocenters. The number of para-hydroxylation sites is 1. The van der Waals surface area contributed by atoms with Gasteiger partial charge in [0, 0.05) is 6.20 Å². The standard InChI is InChI=1S/C10H9BrN2O/c1-14-10-9(11)7-13(12-10)8-5-3-2-4-6-8/h2-7H,1H3. The monoisotopic (exact) mass is 252 g/mol. The van der Waals surface area contributed by atoms with Crippen molar-refractivity contribution in [3.8, 4) is 11.6 Å². The molecular weight excluding hydrogens is 244 g/mol. The van der Waals surface area contributed by atoms with Crippen molar-refractivity contribution < 1.29 is 4.74 Å². The van der Waals surface area contributed by atoms with Gasteiger partial charge >= 0.3 is 0 Å². The Kier molecular flexibility index (Phi) is 2.54. The molecule has 3 nitrogen and oxygen atoms in total. The van der Waals surface area contributed by atoms with Crippen LogP contribution in [0.2, 0.25) is 0 Å². The van der Waals surface area contributed by atoms with Gasteiger partial charge in [-0.05, 0) is 28.1 Å². The Bertz CT molecular complexity index is 425. The van der Waals surface area contributed by atoms with E-state index in [1.165, 1.54) is 0 Å². The molecule has 1 aromatic carbocycles. The summed E-state index contributed by atoms with van der Waals surface area (Å²) in [5.41, 5.74) is 1.01. The molecule has 0 N–H and O–H groups in total. The molecule has 0 bridgehead atoms. The van der Waals surface area contributed by atoms with Crippen LogP contribution in [0.4, 0.5) is 0 Å². The first-order valence-corrected chi connectivity index (χ1v) is 4.95. The zero-order chi connectivity index (χ0) is 9.97. The van der Waals surface area contributed by atoms with Gasteiger partial charge in [0.1, 0.15) is 0 Å². The van der Waals surface area contributed by atoms with Crippen molar-refractivity contribution >= 4 is 15.9 Å². The number of hydrogen-bond donors (Lipinski definition) is 0. The Morgan fingerprint density at radius 3 is 2.57 bits per heavy atom. The van der Waals surface area contributed by atoms with Gasteiger partial charge in [-0.15, -0.1) is 5.10 Å². The molecule has 14 heavy (non-hydrogen) atoms. The van der Waals surface area contributed by atoms with E-state index in [1.807, 2.05) is 36.5 Å². The topological polar surface area (TPSA) is 27.1 Å². The Morgan fingerprint density at radius 2 is 2.00 bits per heavy atom. The van der Waals surface area contributed by atoms with Crippen molar-refractivity contribution in [1.29, 1.82) is 0 Å². The molecule has 1 heterocycles. The van der Waals surface area contributed by atoms with Gasteiger partial charge in [0.25, 0.3) is 0 Å². The number of nitrogens with zero attached hydrogens (tertiary/aromatic N) is 2. The van der Waals surface area contributed by atoms with Gasteiger partial charge < -0.3 is 4.74 Å². The summed E-state index contributed by atoms with van der Waals surface area (Å²) in [4.78, 5) is 0. The maximum absolute atomic E-state index is 5.07. The zero-order valence-electron chi connectivity index (χ0n) is 7.64.